The fourth-order valence-corrected chi connectivity index (χ4v) is 2.74. The van der Waals surface area contributed by atoms with Crippen LogP contribution in [0, 0.1) is 0 Å². The first-order valence-corrected chi connectivity index (χ1v) is 8.06. The van der Waals surface area contributed by atoms with E-state index in [1.54, 1.807) is 30.5 Å². The molecule has 0 saturated heterocycles. The van der Waals surface area contributed by atoms with Crippen molar-refractivity contribution in [2.24, 2.45) is 5.10 Å². The molecular formula is C14H13Cl2N3O2S. The van der Waals surface area contributed by atoms with Gasteiger partial charge in [-0.1, -0.05) is 29.3 Å². The molecule has 0 aliphatic rings. The van der Waals surface area contributed by atoms with Crippen LogP contribution in [-0.4, -0.2) is 23.8 Å². The Hall–Kier alpha value is -1.63. The van der Waals surface area contributed by atoms with Gasteiger partial charge in [0.2, 0.25) is 5.13 Å². The lowest BCUT2D eigenvalue weighted by Crippen LogP contribution is -2.07. The Morgan fingerprint density at radius 2 is 2.18 bits per heavy atom. The van der Waals surface area contributed by atoms with E-state index in [9.17, 15) is 4.79 Å². The minimum atomic E-state index is -0.300. The number of anilines is 1. The molecule has 0 radical (unpaired) electrons. The molecule has 1 N–H and O–H groups in total. The fourth-order valence-electron chi connectivity index (χ4n) is 1.59. The van der Waals surface area contributed by atoms with Gasteiger partial charge >= 0.3 is 5.97 Å². The summed E-state index contributed by atoms with van der Waals surface area (Å²) in [6.45, 7) is 2.12. The zero-order valence-corrected chi connectivity index (χ0v) is 14.0. The van der Waals surface area contributed by atoms with Gasteiger partial charge in [0.05, 0.1) is 35.0 Å². The molecule has 0 aliphatic heterocycles. The molecule has 22 heavy (non-hydrogen) atoms. The number of aromatic nitrogens is 1. The van der Waals surface area contributed by atoms with Gasteiger partial charge in [-0.05, 0) is 19.1 Å². The normalized spacial score (nSPS) is 10.9. The van der Waals surface area contributed by atoms with Gasteiger partial charge in [0.25, 0.3) is 0 Å². The van der Waals surface area contributed by atoms with E-state index in [0.717, 1.165) is 0 Å². The molecule has 0 amide bonds. The minimum absolute atomic E-state index is 0.145. The number of hydrogen-bond acceptors (Lipinski definition) is 6. The van der Waals surface area contributed by atoms with Crippen LogP contribution in [0.4, 0.5) is 5.13 Å². The van der Waals surface area contributed by atoms with Gasteiger partial charge in [0.1, 0.15) is 0 Å². The summed E-state index contributed by atoms with van der Waals surface area (Å²) >= 11 is 13.4. The maximum absolute atomic E-state index is 11.4. The summed E-state index contributed by atoms with van der Waals surface area (Å²) in [6.07, 6.45) is 1.67. The zero-order chi connectivity index (χ0) is 15.9. The molecule has 1 aromatic carbocycles. The van der Waals surface area contributed by atoms with Crippen LogP contribution in [-0.2, 0) is 16.0 Å². The highest BCUT2D eigenvalue weighted by Gasteiger charge is 2.08. The van der Waals surface area contributed by atoms with Crippen LogP contribution in [0.25, 0.3) is 0 Å². The summed E-state index contributed by atoms with van der Waals surface area (Å²) in [4.78, 5) is 15.6. The van der Waals surface area contributed by atoms with E-state index in [2.05, 4.69) is 15.5 Å². The molecule has 2 aromatic rings. The summed E-state index contributed by atoms with van der Waals surface area (Å²) in [5.74, 6) is -0.300. The number of ether oxygens (including phenoxy) is 1. The topological polar surface area (TPSA) is 63.6 Å². The summed E-state index contributed by atoms with van der Waals surface area (Å²) < 4.78 is 4.87. The number of nitrogens with one attached hydrogen (secondary N) is 1. The lowest BCUT2D eigenvalue weighted by Gasteiger charge is -2.00. The Morgan fingerprint density at radius 1 is 1.45 bits per heavy atom. The Balaban J connectivity index is 1.96. The molecule has 0 fully saturated rings. The zero-order valence-electron chi connectivity index (χ0n) is 11.7. The highest BCUT2D eigenvalue weighted by atomic mass is 35.5. The predicted molar refractivity (Wildman–Crippen MR) is 90.1 cm³/mol. The van der Waals surface area contributed by atoms with Gasteiger partial charge in [-0.3, -0.25) is 10.2 Å². The SMILES string of the molecule is CCOC(=O)Cc1csc(NN=Cc2c(Cl)cccc2Cl)n1. The molecule has 2 rings (SSSR count). The number of esters is 1. The average molecular weight is 358 g/mol. The molecule has 0 aliphatic carbocycles. The molecule has 0 unspecified atom stereocenters. The predicted octanol–water partition coefficient (Wildman–Crippen LogP) is 4.00. The Labute approximate surface area is 141 Å². The second-order valence-electron chi connectivity index (χ2n) is 4.13. The number of carbonyl (C=O) groups is 1. The molecule has 116 valence electrons. The number of thiazole rings is 1. The highest BCUT2D eigenvalue weighted by Crippen LogP contribution is 2.22. The third kappa shape index (κ3) is 4.69. The van der Waals surface area contributed by atoms with Crippen LogP contribution < -0.4 is 5.43 Å². The monoisotopic (exact) mass is 357 g/mol. The Kier molecular flexibility index (Phi) is 6.18. The van der Waals surface area contributed by atoms with Crippen LogP contribution in [0.1, 0.15) is 18.2 Å². The van der Waals surface area contributed by atoms with Crippen molar-refractivity contribution in [3.63, 3.8) is 0 Å². The van der Waals surface area contributed by atoms with E-state index in [-0.39, 0.29) is 12.4 Å². The van der Waals surface area contributed by atoms with Gasteiger partial charge in [-0.25, -0.2) is 4.98 Å². The largest absolute Gasteiger partial charge is 0.466 e. The first-order chi connectivity index (χ1) is 10.6. The molecule has 0 spiro atoms. The van der Waals surface area contributed by atoms with Crippen molar-refractivity contribution in [3.05, 3.63) is 44.9 Å². The minimum Gasteiger partial charge on any atom is -0.466 e. The first-order valence-electron chi connectivity index (χ1n) is 6.43. The van der Waals surface area contributed by atoms with E-state index in [1.165, 1.54) is 17.6 Å². The molecular weight excluding hydrogens is 345 g/mol. The second kappa shape index (κ2) is 8.12. The quantitative estimate of drug-likeness (QED) is 0.482. The smallest absolute Gasteiger partial charge is 0.311 e. The summed E-state index contributed by atoms with van der Waals surface area (Å²) in [7, 11) is 0. The van der Waals surface area contributed by atoms with E-state index in [0.29, 0.717) is 33.0 Å². The summed E-state index contributed by atoms with van der Waals surface area (Å²) in [5, 5.41) is 7.42. The molecule has 0 bridgehead atoms. The number of carbonyl (C=O) groups excluding carboxylic acids is 1. The molecule has 0 saturated carbocycles. The molecule has 0 atom stereocenters. The molecule has 8 heteroatoms. The van der Waals surface area contributed by atoms with E-state index < -0.39 is 0 Å². The van der Waals surface area contributed by atoms with Crippen molar-refractivity contribution < 1.29 is 9.53 Å². The average Bonchev–Trinajstić information content (AvgIpc) is 2.90. The Bertz CT molecular complexity index is 668. The second-order valence-corrected chi connectivity index (χ2v) is 5.80. The Morgan fingerprint density at radius 3 is 2.86 bits per heavy atom. The van der Waals surface area contributed by atoms with Gasteiger partial charge in [-0.2, -0.15) is 5.10 Å². The third-order valence-electron chi connectivity index (χ3n) is 2.54. The van der Waals surface area contributed by atoms with Gasteiger partial charge in [-0.15, -0.1) is 11.3 Å². The van der Waals surface area contributed by atoms with Crippen molar-refractivity contribution in [1.29, 1.82) is 0 Å². The van der Waals surface area contributed by atoms with Gasteiger partial charge in [0.15, 0.2) is 0 Å². The summed E-state index contributed by atoms with van der Waals surface area (Å²) in [5.41, 5.74) is 4.04. The molecule has 1 heterocycles. The lowest BCUT2D eigenvalue weighted by molar-refractivity contribution is -0.142. The third-order valence-corrected chi connectivity index (χ3v) is 3.99. The number of nitrogens with zero attached hydrogens (tertiary/aromatic N) is 2. The van der Waals surface area contributed by atoms with Crippen LogP contribution >= 0.6 is 34.5 Å². The van der Waals surface area contributed by atoms with Crippen molar-refractivity contribution in [3.8, 4) is 0 Å². The highest BCUT2D eigenvalue weighted by molar-refractivity contribution is 7.13. The van der Waals surface area contributed by atoms with E-state index >= 15 is 0 Å². The van der Waals surface area contributed by atoms with E-state index in [1.807, 2.05) is 0 Å². The molecule has 5 nitrogen and oxygen atoms in total. The summed E-state index contributed by atoms with van der Waals surface area (Å²) in [6, 6.07) is 5.23. The maximum Gasteiger partial charge on any atom is 0.311 e. The van der Waals surface area contributed by atoms with Crippen LogP contribution in [0.3, 0.4) is 0 Å². The van der Waals surface area contributed by atoms with Crippen LogP contribution in [0.2, 0.25) is 10.0 Å². The molecule has 1 aromatic heterocycles. The lowest BCUT2D eigenvalue weighted by atomic mass is 10.2. The van der Waals surface area contributed by atoms with Crippen LogP contribution in [0.15, 0.2) is 28.7 Å². The number of hydrazone groups is 1. The van der Waals surface area contributed by atoms with Crippen LogP contribution in [0.5, 0.6) is 0 Å². The number of hydrogen-bond donors (Lipinski definition) is 1. The van der Waals surface area contributed by atoms with E-state index in [4.69, 9.17) is 27.9 Å². The number of rotatable bonds is 6. The van der Waals surface area contributed by atoms with Crippen molar-refractivity contribution in [2.75, 3.05) is 12.0 Å². The van der Waals surface area contributed by atoms with Crippen molar-refractivity contribution in [2.45, 2.75) is 13.3 Å². The van der Waals surface area contributed by atoms with Gasteiger partial charge < -0.3 is 4.74 Å². The first kappa shape index (κ1) is 16.7. The fraction of sp³-hybridized carbons (Fsp3) is 0.214. The number of benzene rings is 1. The standard InChI is InChI=1S/C14H13Cl2N3O2S/c1-2-21-13(20)6-9-8-22-14(18-9)19-17-7-10-11(15)4-3-5-12(10)16/h3-5,7-8H,2,6H2,1H3,(H,18,19). The number of halogens is 2. The maximum atomic E-state index is 11.4. The van der Waals surface area contributed by atoms with Gasteiger partial charge in [0, 0.05) is 10.9 Å². The van der Waals surface area contributed by atoms with Crippen molar-refractivity contribution in [1.82, 2.24) is 4.98 Å². The van der Waals surface area contributed by atoms with Crippen molar-refractivity contribution >= 4 is 51.9 Å².